The van der Waals surface area contributed by atoms with E-state index in [1.807, 2.05) is 36.6 Å². The van der Waals surface area contributed by atoms with Crippen LogP contribution in [0.25, 0.3) is 11.3 Å². The number of aliphatic imine (C=N–C) groups is 1. The fourth-order valence-electron chi connectivity index (χ4n) is 3.20. The molecule has 2 aromatic rings. The second-order valence-electron chi connectivity index (χ2n) is 7.39. The molecular formula is C25H32ClN5O2. The van der Waals surface area contributed by atoms with Gasteiger partial charge in [-0.2, -0.15) is 0 Å². The minimum atomic E-state index is -0.437. The first-order valence-corrected chi connectivity index (χ1v) is 11.2. The molecule has 1 aromatic carbocycles. The molecule has 0 fully saturated rings. The van der Waals surface area contributed by atoms with Crippen LogP contribution in [0.5, 0.6) is 0 Å². The Morgan fingerprint density at radius 1 is 1.36 bits per heavy atom. The van der Waals surface area contributed by atoms with Crippen molar-refractivity contribution >= 4 is 40.0 Å². The number of hydrogen-bond donors (Lipinski definition) is 2. The van der Waals surface area contributed by atoms with Gasteiger partial charge in [0, 0.05) is 13.1 Å². The summed E-state index contributed by atoms with van der Waals surface area (Å²) in [5, 5.41) is 3.18. The molecule has 176 valence electrons. The summed E-state index contributed by atoms with van der Waals surface area (Å²) < 4.78 is 7.16. The first-order chi connectivity index (χ1) is 15.8. The lowest BCUT2D eigenvalue weighted by Crippen LogP contribution is -2.24. The third-order valence-electron chi connectivity index (χ3n) is 4.76. The van der Waals surface area contributed by atoms with E-state index in [1.54, 1.807) is 13.3 Å². The highest BCUT2D eigenvalue weighted by Crippen LogP contribution is 2.23. The zero-order valence-corrected chi connectivity index (χ0v) is 20.2. The number of allylic oxidation sites excluding steroid dienone is 4. The largest absolute Gasteiger partial charge is 0.450 e. The number of amides is 1. The van der Waals surface area contributed by atoms with Crippen LogP contribution in [0.4, 0.5) is 10.6 Å². The van der Waals surface area contributed by atoms with Crippen LogP contribution in [0.1, 0.15) is 50.4 Å². The number of unbranched alkanes of at least 4 members (excludes halogenated alkanes) is 1. The van der Waals surface area contributed by atoms with Gasteiger partial charge in [0.25, 0.3) is 0 Å². The molecule has 0 atom stereocenters. The molecule has 1 aromatic heterocycles. The van der Waals surface area contributed by atoms with Gasteiger partial charge in [-0.25, -0.2) is 14.8 Å². The number of alkyl carbamates (subject to hydrolysis) is 1. The van der Waals surface area contributed by atoms with Gasteiger partial charge in [-0.15, -0.1) is 0 Å². The number of imidazole rings is 1. The minimum Gasteiger partial charge on any atom is -0.450 e. The highest BCUT2D eigenvalue weighted by Gasteiger charge is 2.12. The second kappa shape index (κ2) is 13.3. The Morgan fingerprint density at radius 3 is 2.82 bits per heavy atom. The van der Waals surface area contributed by atoms with Gasteiger partial charge in [-0.05, 0) is 56.4 Å². The Kier molecular flexibility index (Phi) is 10.4. The molecule has 0 radical (unpaired) electrons. The highest BCUT2D eigenvalue weighted by molar-refractivity contribution is 6.65. The maximum atomic E-state index is 12.1. The van der Waals surface area contributed by atoms with Crippen molar-refractivity contribution in [1.82, 2.24) is 14.9 Å². The van der Waals surface area contributed by atoms with E-state index in [1.165, 1.54) is 0 Å². The third-order valence-corrected chi connectivity index (χ3v) is 4.84. The molecule has 0 aliphatic heterocycles. The van der Waals surface area contributed by atoms with Crippen molar-refractivity contribution in [3.63, 3.8) is 0 Å². The summed E-state index contributed by atoms with van der Waals surface area (Å²) in [7, 11) is 0. The van der Waals surface area contributed by atoms with Crippen molar-refractivity contribution in [3.8, 4) is 0 Å². The summed E-state index contributed by atoms with van der Waals surface area (Å²) in [5.74, 6) is 0.575. The lowest BCUT2D eigenvalue weighted by Gasteiger charge is -2.10. The lowest BCUT2D eigenvalue weighted by molar-refractivity contribution is 0.143. The van der Waals surface area contributed by atoms with Gasteiger partial charge in [0.05, 0.1) is 18.6 Å². The summed E-state index contributed by atoms with van der Waals surface area (Å²) in [5.41, 5.74) is 9.88. The number of aromatic nitrogens is 2. The van der Waals surface area contributed by atoms with E-state index >= 15 is 0 Å². The Labute approximate surface area is 200 Å². The van der Waals surface area contributed by atoms with Gasteiger partial charge in [0.1, 0.15) is 10.9 Å². The summed E-state index contributed by atoms with van der Waals surface area (Å²) in [4.78, 5) is 20.6. The summed E-state index contributed by atoms with van der Waals surface area (Å²) in [6.45, 7) is 10.8. The van der Waals surface area contributed by atoms with Crippen LogP contribution >= 0.6 is 11.6 Å². The van der Waals surface area contributed by atoms with E-state index < -0.39 is 6.09 Å². The van der Waals surface area contributed by atoms with Crippen LogP contribution in [-0.2, 0) is 17.8 Å². The molecule has 7 nitrogen and oxygen atoms in total. The van der Waals surface area contributed by atoms with E-state index in [0.717, 1.165) is 23.1 Å². The normalized spacial score (nSPS) is 12.2. The van der Waals surface area contributed by atoms with Crippen molar-refractivity contribution < 1.29 is 9.53 Å². The molecule has 0 saturated carbocycles. The molecule has 0 aliphatic carbocycles. The predicted octanol–water partition coefficient (Wildman–Crippen LogP) is 5.79. The van der Waals surface area contributed by atoms with Gasteiger partial charge in [0.2, 0.25) is 0 Å². The number of nitrogens with zero attached hydrogens (tertiary/aromatic N) is 3. The number of nitrogens with one attached hydrogen (secondary N) is 1. The highest BCUT2D eigenvalue weighted by atomic mass is 35.5. The molecule has 1 heterocycles. The van der Waals surface area contributed by atoms with E-state index in [4.69, 9.17) is 22.1 Å². The molecule has 33 heavy (non-hydrogen) atoms. The number of ether oxygens (including phenoxy) is 1. The van der Waals surface area contributed by atoms with E-state index in [2.05, 4.69) is 46.2 Å². The second-order valence-corrected chi connectivity index (χ2v) is 7.93. The SMILES string of the molecule is C=C(N)c1ncn(CCCCOC(=O)NCc2cccc(C(/C=C\C)=C/C)c2)c1N=C(C)Cl. The number of hydrogen-bond acceptors (Lipinski definition) is 5. The lowest BCUT2D eigenvalue weighted by atomic mass is 10.0. The maximum absolute atomic E-state index is 12.1. The van der Waals surface area contributed by atoms with Crippen LogP contribution in [0.3, 0.4) is 0 Å². The summed E-state index contributed by atoms with van der Waals surface area (Å²) in [6, 6.07) is 8.07. The quantitative estimate of drug-likeness (QED) is 0.247. The van der Waals surface area contributed by atoms with Crippen LogP contribution in [-0.4, -0.2) is 27.4 Å². The van der Waals surface area contributed by atoms with Gasteiger partial charge < -0.3 is 20.4 Å². The van der Waals surface area contributed by atoms with Crippen LogP contribution < -0.4 is 11.1 Å². The number of halogens is 1. The molecule has 2 rings (SSSR count). The standard InChI is InChI=1S/C25H32ClN5O2/c1-5-10-21(6-2)22-12-9-11-20(15-22)16-28-25(32)33-14-8-7-13-31-17-29-23(18(3)27)24(31)30-19(4)26/h5-6,9-12,15,17H,3,7-8,13-14,16,27H2,1-2,4H3,(H,28,32)/b10-5-,21-6+,30-19?. The average Bonchev–Trinajstić information content (AvgIpc) is 3.18. The monoisotopic (exact) mass is 469 g/mol. The molecule has 0 saturated heterocycles. The van der Waals surface area contributed by atoms with Gasteiger partial charge in [-0.3, -0.25) is 0 Å². The predicted molar refractivity (Wildman–Crippen MR) is 136 cm³/mol. The molecule has 3 N–H and O–H groups in total. The maximum Gasteiger partial charge on any atom is 0.407 e. The van der Waals surface area contributed by atoms with E-state index in [0.29, 0.717) is 48.5 Å². The Balaban J connectivity index is 1.78. The number of nitrogens with two attached hydrogens (primary N) is 1. The number of carbonyl (C=O) groups excluding carboxylic acids is 1. The number of aryl methyl sites for hydroxylation is 1. The molecule has 0 spiro atoms. The van der Waals surface area contributed by atoms with Crippen LogP contribution in [0.15, 0.2) is 60.4 Å². The smallest absolute Gasteiger partial charge is 0.407 e. The first kappa shape index (κ1) is 25.9. The molecule has 0 aliphatic rings. The number of carbonyl (C=O) groups is 1. The van der Waals surface area contributed by atoms with Gasteiger partial charge in [-0.1, -0.05) is 54.6 Å². The topological polar surface area (TPSA) is 94.5 Å². The zero-order valence-electron chi connectivity index (χ0n) is 19.5. The molecule has 0 bridgehead atoms. The molecular weight excluding hydrogens is 438 g/mol. The number of benzene rings is 1. The minimum absolute atomic E-state index is 0.314. The third kappa shape index (κ3) is 8.27. The van der Waals surface area contributed by atoms with Crippen molar-refractivity contribution in [1.29, 1.82) is 0 Å². The number of rotatable bonds is 11. The molecule has 8 heteroatoms. The average molecular weight is 470 g/mol. The van der Waals surface area contributed by atoms with Crippen molar-refractivity contribution in [3.05, 3.63) is 72.2 Å². The summed E-state index contributed by atoms with van der Waals surface area (Å²) >= 11 is 5.92. The fraction of sp³-hybridized carbons (Fsp3) is 0.320. The zero-order chi connectivity index (χ0) is 24.2. The van der Waals surface area contributed by atoms with Gasteiger partial charge in [0.15, 0.2) is 5.82 Å². The van der Waals surface area contributed by atoms with Crippen molar-refractivity contribution in [2.45, 2.75) is 46.7 Å². The summed E-state index contributed by atoms with van der Waals surface area (Å²) in [6.07, 6.45) is 8.80. The Morgan fingerprint density at radius 2 is 2.15 bits per heavy atom. The van der Waals surface area contributed by atoms with E-state index in [9.17, 15) is 4.79 Å². The van der Waals surface area contributed by atoms with E-state index in [-0.39, 0.29) is 0 Å². The Bertz CT molecular complexity index is 1050. The van der Waals surface area contributed by atoms with Crippen molar-refractivity contribution in [2.75, 3.05) is 6.61 Å². The molecule has 1 amide bonds. The first-order valence-electron chi connectivity index (χ1n) is 10.8. The van der Waals surface area contributed by atoms with Gasteiger partial charge >= 0.3 is 6.09 Å². The molecule has 0 unspecified atom stereocenters. The fourth-order valence-corrected chi connectivity index (χ4v) is 3.28. The Hall–Kier alpha value is -3.32. The van der Waals surface area contributed by atoms with Crippen molar-refractivity contribution in [2.24, 2.45) is 10.7 Å². The van der Waals surface area contributed by atoms with Crippen LogP contribution in [0, 0.1) is 0 Å². The van der Waals surface area contributed by atoms with Crippen LogP contribution in [0.2, 0.25) is 0 Å².